The molecule has 0 fully saturated rings. The van der Waals surface area contributed by atoms with E-state index in [1.165, 1.54) is 0 Å². The third kappa shape index (κ3) is 16.7. The second-order valence-electron chi connectivity index (χ2n) is 31.8. The maximum Gasteiger partial charge on any atom is 0.123 e. The first-order valence-corrected chi connectivity index (χ1v) is 35.5. The summed E-state index contributed by atoms with van der Waals surface area (Å²) in [5.74, 6) is 2.98. The predicted octanol–water partition coefficient (Wildman–Crippen LogP) is 7.15. The van der Waals surface area contributed by atoms with E-state index in [0.717, 1.165) is 247 Å². The van der Waals surface area contributed by atoms with Gasteiger partial charge in [0.05, 0.1) is 171 Å². The first-order valence-electron chi connectivity index (χ1n) is 35.5. The maximum absolute atomic E-state index is 6.91. The molecule has 0 amide bonds. The molecule has 0 radical (unpaired) electrons. The van der Waals surface area contributed by atoms with Crippen molar-refractivity contribution in [2.24, 2.45) is 0 Å². The van der Waals surface area contributed by atoms with Crippen LogP contribution in [0.25, 0.3) is 154 Å². The third-order valence-corrected chi connectivity index (χ3v) is 19.5. The number of hydrogen-bond donors (Lipinski definition) is 2. The molecule has 0 saturated carbocycles. The lowest BCUT2D eigenvalue weighted by Gasteiger charge is -2.24. The van der Waals surface area contributed by atoms with Gasteiger partial charge in [-0.2, -0.15) is 0 Å². The van der Waals surface area contributed by atoms with Gasteiger partial charge in [-0.25, -0.2) is 9.97 Å². The number of H-pyrrole nitrogens is 2. The molecule has 5 heterocycles. The van der Waals surface area contributed by atoms with E-state index in [4.69, 9.17) is 28.9 Å². The molecule has 0 atom stereocenters. The molecule has 16 heteroatoms. The maximum atomic E-state index is 6.91. The average Bonchev–Trinajstić information content (AvgIpc) is 1.54. The minimum Gasteiger partial charge on any atom is -1.00 e. The molecule has 538 valence electrons. The molecule has 0 saturated heterocycles. The van der Waals surface area contributed by atoms with Gasteiger partial charge in [0.25, 0.3) is 0 Å². The molecule has 2 N–H and O–H groups in total. The molecule has 15 rings (SSSR count). The van der Waals surface area contributed by atoms with Gasteiger partial charge in [0.1, 0.15) is 23.0 Å². The number of benzene rings is 10. The molecule has 0 spiro atoms. The number of aromatic nitrogens is 4. The molecule has 10 aromatic carbocycles. The van der Waals surface area contributed by atoms with Crippen LogP contribution in [0.1, 0.15) is 25.7 Å². The lowest BCUT2D eigenvalue weighted by molar-refractivity contribution is -0.870. The van der Waals surface area contributed by atoms with Gasteiger partial charge < -0.3 is 115 Å². The van der Waals surface area contributed by atoms with E-state index in [1.807, 2.05) is 0 Å². The van der Waals surface area contributed by atoms with E-state index >= 15 is 0 Å². The largest absolute Gasteiger partial charge is 1.00 e. The Kier molecular flexibility index (Phi) is 23.0. The number of nitrogens with one attached hydrogen (secondary N) is 2. The summed E-state index contributed by atoms with van der Waals surface area (Å²) in [5.41, 5.74) is 14.9. The van der Waals surface area contributed by atoms with E-state index in [1.54, 1.807) is 0 Å². The van der Waals surface area contributed by atoms with E-state index in [9.17, 15) is 0 Å². The second-order valence-corrected chi connectivity index (χ2v) is 31.8. The summed E-state index contributed by atoms with van der Waals surface area (Å²) in [6.45, 7) is 6.07. The van der Waals surface area contributed by atoms with E-state index in [-0.39, 0.29) is 67.9 Å². The van der Waals surface area contributed by atoms with Gasteiger partial charge in [0, 0.05) is 104 Å². The molecular formula is C88H94Br4N8O4. The second kappa shape index (κ2) is 31.1. The Balaban J connectivity index is 0.00000271. The standard InChI is InChI=1S/C88H94N8O4.4BrH/c1-93(2,3)33-21-37-97-67-41-65(42-68(53-67)98-38-22-34-94(4,5)6)83-85-75-49-61-29-17-13-25-57(61)45-71(75)79(89-85)55-81-73-47-59-27-15-19-31-63(59)51-77(73)87(91-81)84(66-43-69(99-39-23-35-95(7,8)9)54-70(44-66)100-40-24-36-96(10,11)12)88-78-52-64-32-20-16-28-60(64)48-74(78)82(92-88)56-80-72-46-58-26-14-18-30-62(58)50-76(72)86(83)90-80;;;;/h13-20,25-32,41-56,89,92H,21-24,33-40H2,1-12H3;4*1H/q+4;;;;/p-4. The van der Waals surface area contributed by atoms with Gasteiger partial charge in [0.2, 0.25) is 0 Å². The zero-order valence-electron chi connectivity index (χ0n) is 61.8. The van der Waals surface area contributed by atoms with Crippen molar-refractivity contribution in [1.29, 1.82) is 0 Å². The van der Waals surface area contributed by atoms with Gasteiger partial charge in [-0.3, -0.25) is 0 Å². The third-order valence-electron chi connectivity index (χ3n) is 19.5. The summed E-state index contributed by atoms with van der Waals surface area (Å²) < 4.78 is 31.0. The Morgan fingerprint density at radius 2 is 0.538 bits per heavy atom. The Labute approximate surface area is 653 Å². The van der Waals surface area contributed by atoms with Crippen LogP contribution in [0.2, 0.25) is 0 Å². The summed E-state index contributed by atoms with van der Waals surface area (Å²) in [6, 6.07) is 71.2. The molecule has 3 aromatic heterocycles. The lowest BCUT2D eigenvalue weighted by Crippen LogP contribution is -3.00. The minimum atomic E-state index is 0. The van der Waals surface area contributed by atoms with E-state index < -0.39 is 0 Å². The summed E-state index contributed by atoms with van der Waals surface area (Å²) in [7, 11) is 26.8. The smallest absolute Gasteiger partial charge is 0.123 e. The summed E-state index contributed by atoms with van der Waals surface area (Å²) in [4.78, 5) is 20.6. The van der Waals surface area contributed by atoms with Crippen LogP contribution in [0.15, 0.2) is 194 Å². The van der Waals surface area contributed by atoms with E-state index in [0.29, 0.717) is 26.4 Å². The summed E-state index contributed by atoms with van der Waals surface area (Å²) in [5, 5.41) is 13.3. The van der Waals surface area contributed by atoms with Gasteiger partial charge >= 0.3 is 0 Å². The molecule has 13 aromatic rings. The molecule has 2 aliphatic heterocycles. The highest BCUT2D eigenvalue weighted by Gasteiger charge is 2.29. The zero-order chi connectivity index (χ0) is 69.2. The molecular weight excluding hydrogens is 1550 g/mol. The molecule has 8 bridgehead atoms. The van der Waals surface area contributed by atoms with Crippen LogP contribution >= 0.6 is 0 Å². The Hall–Kier alpha value is -8.16. The van der Waals surface area contributed by atoms with Crippen LogP contribution in [0.3, 0.4) is 0 Å². The number of hydrogen-bond acceptors (Lipinski definition) is 6. The normalized spacial score (nSPS) is 12.2. The number of ether oxygens (including phenoxy) is 4. The number of rotatable bonds is 22. The minimum absolute atomic E-state index is 0. The van der Waals surface area contributed by atoms with Crippen molar-refractivity contribution in [1.82, 2.24) is 19.9 Å². The van der Waals surface area contributed by atoms with E-state index in [2.05, 4.69) is 289 Å². The van der Waals surface area contributed by atoms with Gasteiger partial charge in [-0.1, -0.05) is 97.1 Å². The van der Waals surface area contributed by atoms with Crippen LogP contribution in [0, 0.1) is 0 Å². The van der Waals surface area contributed by atoms with Crippen molar-refractivity contribution in [3.8, 4) is 90.3 Å². The predicted molar refractivity (Wildman–Crippen MR) is 418 cm³/mol. The summed E-state index contributed by atoms with van der Waals surface area (Å²) in [6.07, 6.45) is 3.54. The first-order chi connectivity index (χ1) is 48.0. The zero-order valence-corrected chi connectivity index (χ0v) is 68.1. The first kappa shape index (κ1) is 77.0. The fraction of sp³-hybridized carbons (Fsp3) is 0.273. The highest BCUT2D eigenvalue weighted by Crippen LogP contribution is 2.51. The summed E-state index contributed by atoms with van der Waals surface area (Å²) >= 11 is 0. The molecule has 12 nitrogen and oxygen atoms in total. The lowest BCUT2D eigenvalue weighted by atomic mass is 9.93. The van der Waals surface area contributed by atoms with Gasteiger partial charge in [0.15, 0.2) is 0 Å². The number of quaternary nitrogens is 4. The SMILES string of the molecule is C[N+](C)(C)CCCOc1cc(OCCC[N+](C)(C)C)cc(-c2c3nc(cc4[nH]c(c(-c5cc(OCCC[N+](C)(C)C)cc(OCCC[N+](C)(C)C)c5)c5nc(cc6[nH]c2c2cc7ccccc7cc62)-c2cc6ccccc6cc2-5)c2cc5ccccc5cc42)-c2cc4ccccc4cc2-3)c1.[Br-].[Br-].[Br-].[Br-]. The van der Waals surface area contributed by atoms with Gasteiger partial charge in [-0.15, -0.1) is 0 Å². The Morgan fingerprint density at radius 1 is 0.288 bits per heavy atom. The number of aromatic amines is 2. The quantitative estimate of drug-likeness (QED) is 0.0554. The highest BCUT2D eigenvalue weighted by molar-refractivity contribution is 6.21. The van der Waals surface area contributed by atoms with Crippen molar-refractivity contribution < 1.29 is 105 Å². The van der Waals surface area contributed by atoms with Crippen molar-refractivity contribution >= 4 is 86.7 Å². The topological polar surface area (TPSA) is 94.3 Å². The van der Waals surface area contributed by atoms with Crippen molar-refractivity contribution in [2.45, 2.75) is 25.7 Å². The highest BCUT2D eigenvalue weighted by atomic mass is 79.9. The van der Waals surface area contributed by atoms with Crippen LogP contribution in [0.4, 0.5) is 0 Å². The van der Waals surface area contributed by atoms with Crippen molar-refractivity contribution in [3.63, 3.8) is 0 Å². The average molecular weight is 1650 g/mol. The Bertz CT molecular complexity index is 5130. The fourth-order valence-electron chi connectivity index (χ4n) is 14.6. The fourth-order valence-corrected chi connectivity index (χ4v) is 14.6. The number of nitrogens with zero attached hydrogens (tertiary/aromatic N) is 6. The number of fused-ring (bicyclic) bond motifs is 24. The monoisotopic (exact) mass is 1640 g/mol. The number of halogens is 4. The van der Waals surface area contributed by atoms with Crippen LogP contribution < -0.4 is 86.9 Å². The molecule has 0 aliphatic carbocycles. The van der Waals surface area contributed by atoms with Crippen LogP contribution in [-0.2, 0) is 0 Å². The molecule has 104 heavy (non-hydrogen) atoms. The van der Waals surface area contributed by atoms with Gasteiger partial charge in [-0.05, 0) is 139 Å². The van der Waals surface area contributed by atoms with Crippen molar-refractivity contribution in [3.05, 3.63) is 194 Å². The molecule has 0 unspecified atom stereocenters. The molecule has 2 aliphatic rings. The van der Waals surface area contributed by atoms with Crippen LogP contribution in [-0.4, -0.2) is 175 Å². The Morgan fingerprint density at radius 3 is 0.808 bits per heavy atom. The van der Waals surface area contributed by atoms with Crippen molar-refractivity contribution in [2.75, 3.05) is 137 Å². The van der Waals surface area contributed by atoms with Crippen LogP contribution in [0.5, 0.6) is 23.0 Å².